The summed E-state index contributed by atoms with van der Waals surface area (Å²) in [7, 11) is 1.63. The Morgan fingerprint density at radius 3 is 2.80 bits per heavy atom. The van der Waals surface area contributed by atoms with Crippen LogP contribution < -0.4 is 10.6 Å². The third kappa shape index (κ3) is 4.04. The van der Waals surface area contributed by atoms with E-state index in [1.165, 1.54) is 0 Å². The van der Waals surface area contributed by atoms with Crippen molar-refractivity contribution in [2.75, 3.05) is 24.4 Å². The van der Waals surface area contributed by atoms with Crippen molar-refractivity contribution in [2.45, 2.75) is 13.5 Å². The van der Waals surface area contributed by atoms with Crippen LogP contribution in [0.5, 0.6) is 0 Å². The molecule has 3 aromatic rings. The van der Waals surface area contributed by atoms with Crippen LogP contribution in [0.25, 0.3) is 5.69 Å². The number of amides is 2. The van der Waals surface area contributed by atoms with Gasteiger partial charge in [-0.15, -0.1) is 0 Å². The minimum Gasteiger partial charge on any atom is -0.383 e. The molecule has 0 saturated carbocycles. The monoisotopic (exact) mass is 340 g/mol. The molecule has 0 spiro atoms. The summed E-state index contributed by atoms with van der Waals surface area (Å²) in [5.74, 6) is 0.473. The molecule has 0 aliphatic heterocycles. The summed E-state index contributed by atoms with van der Waals surface area (Å²) >= 11 is 0. The molecule has 130 valence electrons. The molecule has 1 aromatic carbocycles. The van der Waals surface area contributed by atoms with E-state index in [4.69, 9.17) is 4.74 Å². The topological polar surface area (TPSA) is 86.0 Å². The lowest BCUT2D eigenvalue weighted by Gasteiger charge is -2.12. The average molecular weight is 340 g/mol. The Morgan fingerprint density at radius 2 is 2.04 bits per heavy atom. The molecule has 8 heteroatoms. The minimum atomic E-state index is -0.366. The van der Waals surface area contributed by atoms with E-state index in [0.29, 0.717) is 24.7 Å². The lowest BCUT2D eigenvalue weighted by atomic mass is 10.2. The van der Waals surface area contributed by atoms with Gasteiger partial charge < -0.3 is 10.1 Å². The van der Waals surface area contributed by atoms with Crippen molar-refractivity contribution < 1.29 is 9.53 Å². The third-order valence-electron chi connectivity index (χ3n) is 3.62. The van der Waals surface area contributed by atoms with Gasteiger partial charge in [0.15, 0.2) is 5.82 Å². The molecule has 2 N–H and O–H groups in total. The van der Waals surface area contributed by atoms with Crippen LogP contribution in [-0.4, -0.2) is 39.3 Å². The van der Waals surface area contributed by atoms with Crippen molar-refractivity contribution in [3.63, 3.8) is 0 Å². The van der Waals surface area contributed by atoms with E-state index in [2.05, 4.69) is 20.8 Å². The van der Waals surface area contributed by atoms with Crippen molar-refractivity contribution in [3.8, 4) is 5.69 Å². The first-order chi connectivity index (χ1) is 12.2. The molecule has 2 aromatic heterocycles. The number of ether oxygens (including phenoxy) is 1. The van der Waals surface area contributed by atoms with Crippen molar-refractivity contribution in [2.24, 2.45) is 0 Å². The standard InChI is InChI=1S/C17H20N6O2/c1-13-7-9-18-23(13)15-6-4-3-5-14(15)19-17(24)20-16-8-10-22(21-16)11-12-25-2/h3-10H,11-12H2,1-2H3,(H2,19,20,21,24). The molecule has 0 saturated heterocycles. The summed E-state index contributed by atoms with van der Waals surface area (Å²) in [4.78, 5) is 12.3. The van der Waals surface area contributed by atoms with Crippen LogP contribution >= 0.6 is 0 Å². The smallest absolute Gasteiger partial charge is 0.324 e. The lowest BCUT2D eigenvalue weighted by molar-refractivity contribution is 0.183. The fourth-order valence-corrected chi connectivity index (χ4v) is 2.39. The SMILES string of the molecule is COCCn1ccc(NC(=O)Nc2ccccc2-n2nccc2C)n1. The van der Waals surface area contributed by atoms with Gasteiger partial charge in [-0.1, -0.05) is 12.1 Å². The minimum absolute atomic E-state index is 0.366. The Balaban J connectivity index is 1.69. The van der Waals surface area contributed by atoms with Gasteiger partial charge in [-0.2, -0.15) is 10.2 Å². The molecule has 25 heavy (non-hydrogen) atoms. The quantitative estimate of drug-likeness (QED) is 0.722. The molecule has 8 nitrogen and oxygen atoms in total. The largest absolute Gasteiger partial charge is 0.383 e. The fourth-order valence-electron chi connectivity index (χ4n) is 2.39. The summed E-state index contributed by atoms with van der Waals surface area (Å²) in [5, 5.41) is 14.1. The van der Waals surface area contributed by atoms with Crippen molar-refractivity contribution >= 4 is 17.5 Å². The number of rotatable bonds is 6. The van der Waals surface area contributed by atoms with E-state index >= 15 is 0 Å². The van der Waals surface area contributed by atoms with Gasteiger partial charge in [0.25, 0.3) is 0 Å². The number of nitrogens with one attached hydrogen (secondary N) is 2. The maximum atomic E-state index is 12.3. The highest BCUT2D eigenvalue weighted by Crippen LogP contribution is 2.20. The zero-order valence-corrected chi connectivity index (χ0v) is 14.1. The first-order valence-electron chi connectivity index (χ1n) is 7.88. The first-order valence-corrected chi connectivity index (χ1v) is 7.88. The number of anilines is 2. The Hall–Kier alpha value is -3.13. The molecular weight excluding hydrogens is 320 g/mol. The van der Waals surface area contributed by atoms with Crippen LogP contribution in [0.1, 0.15) is 5.69 Å². The van der Waals surface area contributed by atoms with E-state index in [0.717, 1.165) is 11.4 Å². The number of carbonyl (C=O) groups is 1. The van der Waals surface area contributed by atoms with Crippen molar-refractivity contribution in [3.05, 3.63) is 54.5 Å². The summed E-state index contributed by atoms with van der Waals surface area (Å²) in [6.45, 7) is 3.14. The summed E-state index contributed by atoms with van der Waals surface area (Å²) in [6, 6.07) is 10.8. The van der Waals surface area contributed by atoms with Gasteiger partial charge in [0.2, 0.25) is 0 Å². The van der Waals surface area contributed by atoms with Crippen LogP contribution in [0, 0.1) is 6.92 Å². The molecule has 0 aliphatic rings. The maximum Gasteiger partial charge on any atom is 0.324 e. The number of aryl methyl sites for hydroxylation is 1. The number of carbonyl (C=O) groups excluding carboxylic acids is 1. The molecule has 2 heterocycles. The Bertz CT molecular complexity index is 854. The van der Waals surface area contributed by atoms with Crippen molar-refractivity contribution in [1.82, 2.24) is 19.6 Å². The molecule has 2 amide bonds. The van der Waals surface area contributed by atoms with Crippen molar-refractivity contribution in [1.29, 1.82) is 0 Å². The summed E-state index contributed by atoms with van der Waals surface area (Å²) in [6.07, 6.45) is 3.51. The van der Waals surface area contributed by atoms with E-state index in [9.17, 15) is 4.79 Å². The van der Waals surface area contributed by atoms with Gasteiger partial charge in [-0.05, 0) is 25.1 Å². The predicted molar refractivity (Wildman–Crippen MR) is 95.0 cm³/mol. The number of para-hydroxylation sites is 2. The molecule has 3 rings (SSSR count). The highest BCUT2D eigenvalue weighted by molar-refractivity contribution is 6.00. The number of methoxy groups -OCH3 is 1. The molecular formula is C17H20N6O2. The molecule has 0 bridgehead atoms. The molecule has 0 aliphatic carbocycles. The number of nitrogens with zero attached hydrogens (tertiary/aromatic N) is 4. The van der Waals surface area contributed by atoms with Gasteiger partial charge in [-0.25, -0.2) is 9.48 Å². The second-order valence-electron chi connectivity index (χ2n) is 5.44. The average Bonchev–Trinajstić information content (AvgIpc) is 3.22. The number of hydrogen-bond donors (Lipinski definition) is 2. The Morgan fingerprint density at radius 1 is 1.20 bits per heavy atom. The van der Waals surface area contributed by atoms with Crippen LogP contribution in [0.15, 0.2) is 48.8 Å². The molecule has 0 radical (unpaired) electrons. The summed E-state index contributed by atoms with van der Waals surface area (Å²) in [5.41, 5.74) is 2.43. The number of benzene rings is 1. The summed E-state index contributed by atoms with van der Waals surface area (Å²) < 4.78 is 8.49. The predicted octanol–water partition coefficient (Wildman–Crippen LogP) is 2.67. The zero-order valence-electron chi connectivity index (χ0n) is 14.1. The molecule has 0 fully saturated rings. The van der Waals surface area contributed by atoms with E-state index in [1.54, 1.807) is 34.9 Å². The molecule has 0 atom stereocenters. The highest BCUT2D eigenvalue weighted by atomic mass is 16.5. The molecule has 0 unspecified atom stereocenters. The van der Waals surface area contributed by atoms with Gasteiger partial charge >= 0.3 is 6.03 Å². The lowest BCUT2D eigenvalue weighted by Crippen LogP contribution is -2.21. The third-order valence-corrected chi connectivity index (χ3v) is 3.62. The van der Waals surface area contributed by atoms with Crippen LogP contribution in [0.3, 0.4) is 0 Å². The maximum absolute atomic E-state index is 12.3. The van der Waals surface area contributed by atoms with Gasteiger partial charge in [-0.3, -0.25) is 10.00 Å². The normalized spacial score (nSPS) is 10.6. The number of aromatic nitrogens is 4. The van der Waals surface area contributed by atoms with Gasteiger partial charge in [0, 0.05) is 31.3 Å². The first kappa shape index (κ1) is 16.7. The Kier molecular flexibility index (Phi) is 5.10. The van der Waals surface area contributed by atoms with Gasteiger partial charge in [0.05, 0.1) is 24.5 Å². The zero-order chi connectivity index (χ0) is 17.6. The van der Waals surface area contributed by atoms with E-state index in [1.807, 2.05) is 37.3 Å². The number of hydrogen-bond acceptors (Lipinski definition) is 4. The van der Waals surface area contributed by atoms with Crippen LogP contribution in [0.4, 0.5) is 16.3 Å². The van der Waals surface area contributed by atoms with E-state index < -0.39 is 0 Å². The number of urea groups is 1. The fraction of sp³-hybridized carbons (Fsp3) is 0.235. The Labute approximate surface area is 145 Å². The van der Waals surface area contributed by atoms with E-state index in [-0.39, 0.29) is 6.03 Å². The van der Waals surface area contributed by atoms with Gasteiger partial charge in [0.1, 0.15) is 0 Å². The highest BCUT2D eigenvalue weighted by Gasteiger charge is 2.11. The van der Waals surface area contributed by atoms with Crippen LogP contribution in [0.2, 0.25) is 0 Å². The van der Waals surface area contributed by atoms with Crippen LogP contribution in [-0.2, 0) is 11.3 Å². The second kappa shape index (κ2) is 7.63. The second-order valence-corrected chi connectivity index (χ2v) is 5.44.